The van der Waals surface area contributed by atoms with Gasteiger partial charge in [0.05, 0.1) is 17.6 Å². The molecule has 1 saturated heterocycles. The fraction of sp³-hybridized carbons (Fsp3) is 0.706. The van der Waals surface area contributed by atoms with Crippen LogP contribution in [-0.2, 0) is 25.5 Å². The Morgan fingerprint density at radius 3 is 2.46 bits per heavy atom. The van der Waals surface area contributed by atoms with E-state index >= 15 is 0 Å². The Hall–Kier alpha value is -2.22. The summed E-state index contributed by atoms with van der Waals surface area (Å²) in [5.74, 6) is -1.25. The summed E-state index contributed by atoms with van der Waals surface area (Å²) >= 11 is 0. The van der Waals surface area contributed by atoms with Crippen molar-refractivity contribution in [2.24, 2.45) is 34.5 Å². The maximum Gasteiger partial charge on any atom is 0.340 e. The molecular weight excluding hydrogens is 518 g/mol. The van der Waals surface area contributed by atoms with E-state index in [1.807, 2.05) is 53.0 Å². The second-order valence-electron chi connectivity index (χ2n) is 14.9. The van der Waals surface area contributed by atoms with Crippen LogP contribution in [0, 0.1) is 48.3 Å². The molecule has 0 amide bonds. The summed E-state index contributed by atoms with van der Waals surface area (Å²) in [6, 6.07) is 0. The molecule has 1 spiro atoms. The summed E-state index contributed by atoms with van der Waals surface area (Å²) in [6.07, 6.45) is 7.22. The molecular formula is C34H47NO6. The first-order valence-corrected chi connectivity index (χ1v) is 15.4. The van der Waals surface area contributed by atoms with Gasteiger partial charge in [-0.15, -0.1) is 0 Å². The maximum absolute atomic E-state index is 14.9. The van der Waals surface area contributed by atoms with Gasteiger partial charge in [-0.2, -0.15) is 0 Å². The molecule has 224 valence electrons. The molecule has 1 aliphatic heterocycles. The first-order valence-electron chi connectivity index (χ1n) is 15.4. The van der Waals surface area contributed by atoms with Crippen molar-refractivity contribution in [2.75, 3.05) is 6.61 Å². The van der Waals surface area contributed by atoms with Crippen molar-refractivity contribution in [1.82, 2.24) is 4.57 Å². The number of hydrogen-bond donors (Lipinski definition) is 1. The van der Waals surface area contributed by atoms with E-state index in [9.17, 15) is 14.7 Å². The predicted molar refractivity (Wildman–Crippen MR) is 155 cm³/mol. The molecule has 5 aliphatic rings. The summed E-state index contributed by atoms with van der Waals surface area (Å²) in [5, 5.41) is 13.3. The molecule has 7 nitrogen and oxygen atoms in total. The van der Waals surface area contributed by atoms with Crippen LogP contribution in [-0.4, -0.2) is 51.6 Å². The largest absolute Gasteiger partial charge is 0.451 e. The molecule has 0 aromatic carbocycles. The molecule has 1 aromatic rings. The summed E-state index contributed by atoms with van der Waals surface area (Å²) in [5.41, 5.74) is 0.237. The average molecular weight is 566 g/mol. The minimum Gasteiger partial charge on any atom is -0.451 e. The topological polar surface area (TPSA) is 87.0 Å². The van der Waals surface area contributed by atoms with Crippen LogP contribution < -0.4 is 0 Å². The average Bonchev–Trinajstić information content (AvgIpc) is 3.62. The number of carbonyl (C=O) groups excluding carboxylic acids is 2. The van der Waals surface area contributed by atoms with Crippen molar-refractivity contribution in [3.05, 3.63) is 46.3 Å². The smallest absolute Gasteiger partial charge is 0.340 e. The number of rotatable bonds is 4. The lowest BCUT2D eigenvalue weighted by molar-refractivity contribution is -0.302. The lowest BCUT2D eigenvalue weighted by Crippen LogP contribution is -2.68. The minimum atomic E-state index is -1.83. The maximum atomic E-state index is 14.9. The second kappa shape index (κ2) is 9.14. The summed E-state index contributed by atoms with van der Waals surface area (Å²) in [7, 11) is 0. The fourth-order valence-corrected chi connectivity index (χ4v) is 8.43. The zero-order valence-corrected chi connectivity index (χ0v) is 26.2. The molecule has 7 heteroatoms. The Bertz CT molecular complexity index is 1360. The first-order chi connectivity index (χ1) is 19.0. The summed E-state index contributed by atoms with van der Waals surface area (Å²) in [6.45, 7) is 19.1. The van der Waals surface area contributed by atoms with E-state index in [2.05, 4.69) is 32.3 Å². The van der Waals surface area contributed by atoms with Crippen molar-refractivity contribution in [3.8, 4) is 0 Å². The predicted octanol–water partition coefficient (Wildman–Crippen LogP) is 5.70. The number of ketones is 1. The Balaban J connectivity index is 1.48. The van der Waals surface area contributed by atoms with Gasteiger partial charge in [0.1, 0.15) is 6.10 Å². The number of aliphatic hydroxyl groups is 1. The number of allylic oxidation sites excluding steroid dienone is 1. The first kappa shape index (κ1) is 28.9. The van der Waals surface area contributed by atoms with E-state index in [-0.39, 0.29) is 29.6 Å². The molecule has 0 radical (unpaired) electrons. The van der Waals surface area contributed by atoms with Crippen LogP contribution in [0.15, 0.2) is 29.5 Å². The Morgan fingerprint density at radius 2 is 1.80 bits per heavy atom. The SMILES string of the molecule is CC1=CC23C(=O)[C@@H](C=C4COC(C)(C)O[C@H]4[C@]2(O)[C@H]1OC(=O)c1c(C)cn(CC2CC2)c1C)C(C)(C)[C@@H](C)CC3C. The molecule has 7 atom stereocenters. The van der Waals surface area contributed by atoms with Gasteiger partial charge in [0.2, 0.25) is 0 Å². The van der Waals surface area contributed by atoms with Gasteiger partial charge in [-0.1, -0.05) is 39.8 Å². The highest BCUT2D eigenvalue weighted by Crippen LogP contribution is 2.64. The zero-order valence-electron chi connectivity index (χ0n) is 26.2. The van der Waals surface area contributed by atoms with Gasteiger partial charge >= 0.3 is 5.97 Å². The van der Waals surface area contributed by atoms with Gasteiger partial charge in [0.15, 0.2) is 23.3 Å². The van der Waals surface area contributed by atoms with E-state index in [0.29, 0.717) is 17.1 Å². The lowest BCUT2D eigenvalue weighted by Gasteiger charge is -2.52. The van der Waals surface area contributed by atoms with Crippen LogP contribution in [0.1, 0.15) is 89.3 Å². The number of fused-ring (bicyclic) bond motifs is 3. The van der Waals surface area contributed by atoms with E-state index in [1.165, 1.54) is 12.8 Å². The Kier molecular flexibility index (Phi) is 6.44. The highest BCUT2D eigenvalue weighted by molar-refractivity contribution is 5.96. The van der Waals surface area contributed by atoms with Gasteiger partial charge in [0.25, 0.3) is 0 Å². The van der Waals surface area contributed by atoms with Gasteiger partial charge < -0.3 is 23.9 Å². The summed E-state index contributed by atoms with van der Waals surface area (Å²) in [4.78, 5) is 28.9. The second-order valence-corrected chi connectivity index (χ2v) is 14.9. The van der Waals surface area contributed by atoms with Crippen LogP contribution in [0.4, 0.5) is 0 Å². The Morgan fingerprint density at radius 1 is 1.12 bits per heavy atom. The van der Waals surface area contributed by atoms with Crippen molar-refractivity contribution in [2.45, 2.75) is 112 Å². The molecule has 3 fully saturated rings. The number of aryl methyl sites for hydroxylation is 1. The number of esters is 1. The Labute approximate surface area is 244 Å². The quantitative estimate of drug-likeness (QED) is 0.373. The highest BCUT2D eigenvalue weighted by atomic mass is 16.7. The van der Waals surface area contributed by atoms with E-state index < -0.39 is 40.9 Å². The standard InChI is InChI=1S/C34H47NO6/c1-18-14-33-21(4)12-20(3)31(6,7)25(27(33)36)13-24-17-39-32(8,9)41-29(24)34(33,38)28(18)40-30(37)26-19(2)15-35(22(26)5)16-23-10-11-23/h13-15,20-21,23,25,28-29,38H,10-12,16-17H2,1-9H3/t20-,21?,25+,28-,29+,33?,34+/m0/s1. The van der Waals surface area contributed by atoms with Crippen LogP contribution >= 0.6 is 0 Å². The van der Waals surface area contributed by atoms with Crippen molar-refractivity contribution in [3.63, 3.8) is 0 Å². The number of aromatic nitrogens is 1. The van der Waals surface area contributed by atoms with Crippen molar-refractivity contribution < 1.29 is 28.9 Å². The monoisotopic (exact) mass is 565 g/mol. The molecule has 2 heterocycles. The normalized spacial score (nSPS) is 39.2. The minimum absolute atomic E-state index is 0.0222. The molecule has 41 heavy (non-hydrogen) atoms. The van der Waals surface area contributed by atoms with Crippen LogP contribution in [0.5, 0.6) is 0 Å². The molecule has 1 N–H and O–H groups in total. The number of nitrogens with zero attached hydrogens (tertiary/aromatic N) is 1. The molecule has 4 aliphatic carbocycles. The van der Waals surface area contributed by atoms with Gasteiger partial charge in [-0.3, -0.25) is 4.79 Å². The van der Waals surface area contributed by atoms with Crippen LogP contribution in [0.2, 0.25) is 0 Å². The zero-order chi connectivity index (χ0) is 29.9. The van der Waals surface area contributed by atoms with Crippen molar-refractivity contribution in [1.29, 1.82) is 0 Å². The fourth-order valence-electron chi connectivity index (χ4n) is 8.43. The molecule has 6 rings (SSSR count). The van der Waals surface area contributed by atoms with Gasteiger partial charge in [0, 0.05) is 24.4 Å². The molecule has 2 unspecified atom stereocenters. The van der Waals surface area contributed by atoms with Gasteiger partial charge in [-0.05, 0) is 93.8 Å². The number of carbonyl (C=O) groups is 2. The van der Waals surface area contributed by atoms with Gasteiger partial charge in [-0.25, -0.2) is 4.79 Å². The van der Waals surface area contributed by atoms with Crippen molar-refractivity contribution >= 4 is 11.8 Å². The van der Waals surface area contributed by atoms with E-state index in [1.54, 1.807) is 0 Å². The molecule has 2 bridgehead atoms. The van der Waals surface area contributed by atoms with E-state index in [4.69, 9.17) is 14.2 Å². The number of hydrogen-bond acceptors (Lipinski definition) is 6. The number of ether oxygens (including phenoxy) is 3. The third-order valence-electron chi connectivity index (χ3n) is 11.4. The third-order valence-corrected chi connectivity index (χ3v) is 11.4. The number of Topliss-reactive ketones (excluding diaryl/α,β-unsaturated/α-hetero) is 1. The molecule has 1 aromatic heterocycles. The lowest BCUT2D eigenvalue weighted by atomic mass is 9.59. The highest BCUT2D eigenvalue weighted by Gasteiger charge is 2.74. The third kappa shape index (κ3) is 4.01. The molecule has 2 saturated carbocycles. The van der Waals surface area contributed by atoms with E-state index in [0.717, 1.165) is 29.8 Å². The van der Waals surface area contributed by atoms with Crippen LogP contribution in [0.3, 0.4) is 0 Å². The van der Waals surface area contributed by atoms with Crippen LogP contribution in [0.25, 0.3) is 0 Å². The summed E-state index contributed by atoms with van der Waals surface area (Å²) < 4.78 is 21.2.